The maximum atomic E-state index is 5.89. The van der Waals surface area contributed by atoms with E-state index in [0.29, 0.717) is 16.4 Å². The molecule has 3 heteroatoms. The first-order chi connectivity index (χ1) is 6.20. The van der Waals surface area contributed by atoms with Gasteiger partial charge in [-0.1, -0.05) is 35.9 Å². The van der Waals surface area contributed by atoms with Crippen molar-refractivity contribution in [3.8, 4) is 0 Å². The SMILES string of the molecule is Nc1c(Cl)cc2ccccc2c1N. The van der Waals surface area contributed by atoms with E-state index in [0.717, 1.165) is 10.8 Å². The average Bonchev–Trinajstić information content (AvgIpc) is 2.15. The van der Waals surface area contributed by atoms with Crippen LogP contribution < -0.4 is 11.5 Å². The molecular formula is C10H9ClN2. The Hall–Kier alpha value is -1.41. The highest BCUT2D eigenvalue weighted by molar-refractivity contribution is 6.35. The van der Waals surface area contributed by atoms with E-state index in [9.17, 15) is 0 Å². The first-order valence-corrected chi connectivity index (χ1v) is 4.30. The highest BCUT2D eigenvalue weighted by Gasteiger charge is 2.05. The van der Waals surface area contributed by atoms with Gasteiger partial charge in [0.15, 0.2) is 0 Å². The third-order valence-electron chi connectivity index (χ3n) is 2.08. The van der Waals surface area contributed by atoms with Crippen molar-refractivity contribution in [2.75, 3.05) is 11.5 Å². The number of hydrogen-bond donors (Lipinski definition) is 2. The van der Waals surface area contributed by atoms with Crippen molar-refractivity contribution in [1.29, 1.82) is 0 Å². The summed E-state index contributed by atoms with van der Waals surface area (Å²) in [6.45, 7) is 0. The molecule has 0 radical (unpaired) electrons. The van der Waals surface area contributed by atoms with Crippen molar-refractivity contribution in [3.63, 3.8) is 0 Å². The molecule has 0 aromatic heterocycles. The van der Waals surface area contributed by atoms with Gasteiger partial charge >= 0.3 is 0 Å². The lowest BCUT2D eigenvalue weighted by atomic mass is 10.1. The number of anilines is 2. The summed E-state index contributed by atoms with van der Waals surface area (Å²) in [5.41, 5.74) is 12.5. The van der Waals surface area contributed by atoms with Gasteiger partial charge < -0.3 is 11.5 Å². The third-order valence-corrected chi connectivity index (χ3v) is 2.39. The van der Waals surface area contributed by atoms with Crippen LogP contribution in [0.3, 0.4) is 0 Å². The predicted octanol–water partition coefficient (Wildman–Crippen LogP) is 2.66. The lowest BCUT2D eigenvalue weighted by molar-refractivity contribution is 1.70. The maximum Gasteiger partial charge on any atom is 0.0743 e. The van der Waals surface area contributed by atoms with Gasteiger partial charge in [0.2, 0.25) is 0 Å². The van der Waals surface area contributed by atoms with Crippen LogP contribution in [-0.2, 0) is 0 Å². The molecule has 0 heterocycles. The number of nitrogens with two attached hydrogens (primary N) is 2. The highest BCUT2D eigenvalue weighted by atomic mass is 35.5. The summed E-state index contributed by atoms with van der Waals surface area (Å²) in [4.78, 5) is 0. The fraction of sp³-hybridized carbons (Fsp3) is 0. The van der Waals surface area contributed by atoms with Crippen LogP contribution in [-0.4, -0.2) is 0 Å². The molecule has 0 spiro atoms. The van der Waals surface area contributed by atoms with E-state index >= 15 is 0 Å². The molecule has 0 atom stereocenters. The average molecular weight is 193 g/mol. The van der Waals surface area contributed by atoms with Crippen LogP contribution in [0, 0.1) is 0 Å². The lowest BCUT2D eigenvalue weighted by Gasteiger charge is -2.06. The Kier molecular flexibility index (Phi) is 1.78. The van der Waals surface area contributed by atoms with Gasteiger partial charge in [-0.15, -0.1) is 0 Å². The van der Waals surface area contributed by atoms with Crippen LogP contribution in [0.4, 0.5) is 11.4 Å². The molecule has 0 bridgehead atoms. The molecule has 0 saturated carbocycles. The second kappa shape index (κ2) is 2.82. The summed E-state index contributed by atoms with van der Waals surface area (Å²) in [6, 6.07) is 9.57. The zero-order chi connectivity index (χ0) is 9.42. The second-order valence-corrected chi connectivity index (χ2v) is 3.31. The Labute approximate surface area is 81.1 Å². The second-order valence-electron chi connectivity index (χ2n) is 2.91. The van der Waals surface area contributed by atoms with Crippen LogP contribution in [0.25, 0.3) is 10.8 Å². The Morgan fingerprint density at radius 3 is 2.46 bits per heavy atom. The van der Waals surface area contributed by atoms with Gasteiger partial charge in [-0.3, -0.25) is 0 Å². The molecule has 0 saturated heterocycles. The number of fused-ring (bicyclic) bond motifs is 1. The number of benzene rings is 2. The molecule has 2 aromatic rings. The maximum absolute atomic E-state index is 5.89. The van der Waals surface area contributed by atoms with Crippen molar-refractivity contribution in [2.24, 2.45) is 0 Å². The molecule has 0 aliphatic carbocycles. The van der Waals surface area contributed by atoms with E-state index in [4.69, 9.17) is 23.1 Å². The number of halogens is 1. The lowest BCUT2D eigenvalue weighted by Crippen LogP contribution is -1.96. The van der Waals surface area contributed by atoms with Gasteiger partial charge in [-0.05, 0) is 11.5 Å². The van der Waals surface area contributed by atoms with Crippen molar-refractivity contribution < 1.29 is 0 Å². The Morgan fingerprint density at radius 2 is 1.69 bits per heavy atom. The largest absolute Gasteiger partial charge is 0.397 e. The zero-order valence-electron chi connectivity index (χ0n) is 6.92. The summed E-state index contributed by atoms with van der Waals surface area (Å²) in [5, 5.41) is 2.47. The standard InChI is InChI=1S/C10H9ClN2/c11-8-5-6-3-1-2-4-7(6)9(12)10(8)13/h1-5H,12-13H2. The summed E-state index contributed by atoms with van der Waals surface area (Å²) >= 11 is 5.89. The summed E-state index contributed by atoms with van der Waals surface area (Å²) < 4.78 is 0. The minimum Gasteiger partial charge on any atom is -0.397 e. The Morgan fingerprint density at radius 1 is 1.00 bits per heavy atom. The van der Waals surface area contributed by atoms with Crippen LogP contribution in [0.15, 0.2) is 30.3 Å². The van der Waals surface area contributed by atoms with Crippen molar-refractivity contribution in [2.45, 2.75) is 0 Å². The highest BCUT2D eigenvalue weighted by Crippen LogP contribution is 2.32. The third kappa shape index (κ3) is 1.19. The molecule has 2 rings (SSSR count). The molecular weight excluding hydrogens is 184 g/mol. The van der Waals surface area contributed by atoms with E-state index in [1.54, 1.807) is 0 Å². The van der Waals surface area contributed by atoms with E-state index < -0.39 is 0 Å². The molecule has 2 aromatic carbocycles. The molecule has 0 aliphatic rings. The van der Waals surface area contributed by atoms with Gasteiger partial charge in [-0.2, -0.15) is 0 Å². The van der Waals surface area contributed by atoms with Crippen molar-refractivity contribution in [3.05, 3.63) is 35.4 Å². The summed E-state index contributed by atoms with van der Waals surface area (Å²) in [7, 11) is 0. The predicted molar refractivity (Wildman–Crippen MR) is 57.8 cm³/mol. The summed E-state index contributed by atoms with van der Waals surface area (Å²) in [5.74, 6) is 0. The molecule has 0 aliphatic heterocycles. The van der Waals surface area contributed by atoms with Gasteiger partial charge in [-0.25, -0.2) is 0 Å². The van der Waals surface area contributed by atoms with Gasteiger partial charge in [0, 0.05) is 5.39 Å². The zero-order valence-corrected chi connectivity index (χ0v) is 7.68. The van der Waals surface area contributed by atoms with E-state index in [1.165, 1.54) is 0 Å². The molecule has 66 valence electrons. The minimum atomic E-state index is 0.459. The monoisotopic (exact) mass is 192 g/mol. The van der Waals surface area contributed by atoms with E-state index in [1.807, 2.05) is 30.3 Å². The fourth-order valence-electron chi connectivity index (χ4n) is 1.36. The minimum absolute atomic E-state index is 0.459. The summed E-state index contributed by atoms with van der Waals surface area (Å²) in [6.07, 6.45) is 0. The van der Waals surface area contributed by atoms with Crippen molar-refractivity contribution >= 4 is 33.7 Å². The Balaban J connectivity index is 2.94. The van der Waals surface area contributed by atoms with Crippen LogP contribution in [0.1, 0.15) is 0 Å². The number of nitrogen functional groups attached to an aromatic ring is 2. The normalized spacial score (nSPS) is 10.5. The van der Waals surface area contributed by atoms with Crippen molar-refractivity contribution in [1.82, 2.24) is 0 Å². The quantitative estimate of drug-likeness (QED) is 0.631. The van der Waals surface area contributed by atoms with Gasteiger partial charge in [0.1, 0.15) is 0 Å². The van der Waals surface area contributed by atoms with E-state index in [-0.39, 0.29) is 0 Å². The molecule has 2 nitrogen and oxygen atoms in total. The first-order valence-electron chi connectivity index (χ1n) is 3.92. The van der Waals surface area contributed by atoms with E-state index in [2.05, 4.69) is 0 Å². The fourth-order valence-corrected chi connectivity index (χ4v) is 1.58. The number of rotatable bonds is 0. The van der Waals surface area contributed by atoms with Crippen LogP contribution >= 0.6 is 11.6 Å². The van der Waals surface area contributed by atoms with Gasteiger partial charge in [0.25, 0.3) is 0 Å². The number of hydrogen-bond acceptors (Lipinski definition) is 2. The molecule has 4 N–H and O–H groups in total. The van der Waals surface area contributed by atoms with Gasteiger partial charge in [0.05, 0.1) is 16.4 Å². The Bertz CT molecular complexity index is 466. The van der Waals surface area contributed by atoms with Crippen LogP contribution in [0.5, 0.6) is 0 Å². The smallest absolute Gasteiger partial charge is 0.0743 e. The molecule has 0 unspecified atom stereocenters. The topological polar surface area (TPSA) is 52.0 Å². The first kappa shape index (κ1) is 8.20. The van der Waals surface area contributed by atoms with Crippen LogP contribution in [0.2, 0.25) is 5.02 Å². The molecule has 0 fully saturated rings. The molecule has 13 heavy (non-hydrogen) atoms. The molecule has 0 amide bonds.